The van der Waals surface area contributed by atoms with Crippen LogP contribution in [0, 0.1) is 0 Å². The molecule has 2 aromatic rings. The van der Waals surface area contributed by atoms with Crippen LogP contribution in [0.3, 0.4) is 0 Å². The van der Waals surface area contributed by atoms with Gasteiger partial charge in [0.15, 0.2) is 5.82 Å². The van der Waals surface area contributed by atoms with Crippen LogP contribution in [-0.2, 0) is 0 Å². The van der Waals surface area contributed by atoms with Gasteiger partial charge in [-0.1, -0.05) is 30.3 Å². The van der Waals surface area contributed by atoms with Crippen LogP contribution in [0.4, 0.5) is 5.82 Å². The van der Waals surface area contributed by atoms with Crippen molar-refractivity contribution in [2.45, 2.75) is 32.3 Å². The van der Waals surface area contributed by atoms with Crippen molar-refractivity contribution in [1.82, 2.24) is 9.97 Å². The fraction of sp³-hybridized carbons (Fsp3) is 0.375. The molecule has 4 heteroatoms. The van der Waals surface area contributed by atoms with Crippen LogP contribution in [0.1, 0.15) is 26.2 Å². The lowest BCUT2D eigenvalue weighted by Crippen LogP contribution is -2.25. The molecule has 0 aliphatic heterocycles. The number of ether oxygens (including phenoxy) is 1. The largest absolute Gasteiger partial charge is 0.474 e. The Labute approximate surface area is 119 Å². The predicted octanol–water partition coefficient (Wildman–Crippen LogP) is 3.51. The summed E-state index contributed by atoms with van der Waals surface area (Å²) in [5, 5.41) is 3.24. The molecule has 1 fully saturated rings. The van der Waals surface area contributed by atoms with E-state index in [9.17, 15) is 0 Å². The highest BCUT2D eigenvalue weighted by molar-refractivity contribution is 5.58. The van der Waals surface area contributed by atoms with E-state index in [1.807, 2.05) is 36.4 Å². The fourth-order valence-corrected chi connectivity index (χ4v) is 2.13. The SMILES string of the molecule is CCNc1cc(OC2CCC2)nc(-c2ccccc2)n1. The quantitative estimate of drug-likeness (QED) is 0.902. The van der Waals surface area contributed by atoms with Crippen LogP contribution in [0.25, 0.3) is 11.4 Å². The molecular formula is C16H19N3O. The van der Waals surface area contributed by atoms with Gasteiger partial charge in [0.1, 0.15) is 11.9 Å². The Bertz CT molecular complexity index is 567. The first-order valence-corrected chi connectivity index (χ1v) is 7.20. The Balaban J connectivity index is 1.91. The Morgan fingerprint density at radius 3 is 2.65 bits per heavy atom. The first-order valence-electron chi connectivity index (χ1n) is 7.20. The number of nitrogens with one attached hydrogen (secondary N) is 1. The van der Waals surface area contributed by atoms with Crippen LogP contribution in [0.2, 0.25) is 0 Å². The molecule has 0 amide bonds. The lowest BCUT2D eigenvalue weighted by molar-refractivity contribution is 0.115. The van der Waals surface area contributed by atoms with Gasteiger partial charge in [0.2, 0.25) is 5.88 Å². The Morgan fingerprint density at radius 2 is 2.00 bits per heavy atom. The second-order valence-electron chi connectivity index (χ2n) is 4.98. The first-order chi connectivity index (χ1) is 9.85. The topological polar surface area (TPSA) is 47.0 Å². The van der Waals surface area contributed by atoms with E-state index in [-0.39, 0.29) is 0 Å². The van der Waals surface area contributed by atoms with E-state index in [0.717, 1.165) is 30.8 Å². The van der Waals surface area contributed by atoms with Gasteiger partial charge in [0, 0.05) is 18.2 Å². The Hall–Kier alpha value is -2.10. The summed E-state index contributed by atoms with van der Waals surface area (Å²) in [5.74, 6) is 2.19. The Kier molecular flexibility index (Phi) is 3.81. The van der Waals surface area contributed by atoms with Crippen molar-refractivity contribution in [3.8, 4) is 17.3 Å². The van der Waals surface area contributed by atoms with Crippen LogP contribution < -0.4 is 10.1 Å². The van der Waals surface area contributed by atoms with Crippen molar-refractivity contribution < 1.29 is 4.74 Å². The van der Waals surface area contributed by atoms with Crippen molar-refractivity contribution in [3.05, 3.63) is 36.4 Å². The number of hydrogen-bond donors (Lipinski definition) is 1. The molecule has 1 aromatic heterocycles. The number of benzene rings is 1. The smallest absolute Gasteiger partial charge is 0.219 e. The van der Waals surface area contributed by atoms with Crippen LogP contribution in [0.5, 0.6) is 5.88 Å². The maximum absolute atomic E-state index is 5.91. The average molecular weight is 269 g/mol. The molecule has 1 aromatic carbocycles. The molecule has 0 spiro atoms. The van der Waals surface area contributed by atoms with Gasteiger partial charge < -0.3 is 10.1 Å². The molecule has 0 unspecified atom stereocenters. The number of hydrogen-bond acceptors (Lipinski definition) is 4. The number of rotatable bonds is 5. The summed E-state index contributed by atoms with van der Waals surface area (Å²) in [4.78, 5) is 9.08. The summed E-state index contributed by atoms with van der Waals surface area (Å²) >= 11 is 0. The lowest BCUT2D eigenvalue weighted by Gasteiger charge is -2.26. The number of anilines is 1. The molecule has 0 bridgehead atoms. The zero-order chi connectivity index (χ0) is 13.8. The van der Waals surface area contributed by atoms with Crippen LogP contribution in [-0.4, -0.2) is 22.6 Å². The van der Waals surface area contributed by atoms with Crippen molar-refractivity contribution in [3.63, 3.8) is 0 Å². The normalized spacial score (nSPS) is 14.7. The standard InChI is InChI=1S/C16H19N3O/c1-2-17-14-11-15(20-13-9-6-10-13)19-16(18-14)12-7-4-3-5-8-12/h3-5,7-8,11,13H,2,6,9-10H2,1H3,(H,17,18,19). The zero-order valence-corrected chi connectivity index (χ0v) is 11.7. The molecule has 1 aliphatic carbocycles. The second-order valence-corrected chi connectivity index (χ2v) is 4.98. The van der Waals surface area contributed by atoms with E-state index in [1.54, 1.807) is 0 Å². The van der Waals surface area contributed by atoms with E-state index in [0.29, 0.717) is 17.8 Å². The summed E-state index contributed by atoms with van der Waals surface area (Å²) in [6, 6.07) is 11.9. The zero-order valence-electron chi connectivity index (χ0n) is 11.7. The molecule has 1 heterocycles. The van der Waals surface area contributed by atoms with E-state index < -0.39 is 0 Å². The maximum atomic E-state index is 5.91. The molecular weight excluding hydrogens is 250 g/mol. The summed E-state index contributed by atoms with van der Waals surface area (Å²) in [6.45, 7) is 2.88. The summed E-state index contributed by atoms with van der Waals surface area (Å²) in [6.07, 6.45) is 3.83. The van der Waals surface area contributed by atoms with E-state index in [1.165, 1.54) is 6.42 Å². The number of nitrogens with zero attached hydrogens (tertiary/aromatic N) is 2. The molecule has 0 atom stereocenters. The predicted molar refractivity (Wildman–Crippen MR) is 79.9 cm³/mol. The highest BCUT2D eigenvalue weighted by Crippen LogP contribution is 2.27. The minimum Gasteiger partial charge on any atom is -0.474 e. The minimum absolute atomic E-state index is 0.322. The third kappa shape index (κ3) is 2.90. The first kappa shape index (κ1) is 12.9. The third-order valence-corrected chi connectivity index (χ3v) is 3.43. The Morgan fingerprint density at radius 1 is 1.20 bits per heavy atom. The van der Waals surface area contributed by atoms with Crippen molar-refractivity contribution >= 4 is 5.82 Å². The molecule has 0 radical (unpaired) electrons. The molecule has 20 heavy (non-hydrogen) atoms. The van der Waals surface area contributed by atoms with Gasteiger partial charge in [-0.2, -0.15) is 4.98 Å². The number of aromatic nitrogens is 2. The maximum Gasteiger partial charge on any atom is 0.219 e. The van der Waals surface area contributed by atoms with E-state index >= 15 is 0 Å². The summed E-state index contributed by atoms with van der Waals surface area (Å²) in [7, 11) is 0. The van der Waals surface area contributed by atoms with Crippen LogP contribution >= 0.6 is 0 Å². The van der Waals surface area contributed by atoms with Crippen LogP contribution in [0.15, 0.2) is 36.4 Å². The molecule has 1 N–H and O–H groups in total. The summed E-state index contributed by atoms with van der Waals surface area (Å²) in [5.41, 5.74) is 1.01. The molecule has 4 nitrogen and oxygen atoms in total. The highest BCUT2D eigenvalue weighted by atomic mass is 16.5. The van der Waals surface area contributed by atoms with Crippen molar-refractivity contribution in [1.29, 1.82) is 0 Å². The fourth-order valence-electron chi connectivity index (χ4n) is 2.13. The highest BCUT2D eigenvalue weighted by Gasteiger charge is 2.20. The van der Waals surface area contributed by atoms with Crippen molar-refractivity contribution in [2.75, 3.05) is 11.9 Å². The van der Waals surface area contributed by atoms with Gasteiger partial charge in [-0.25, -0.2) is 4.98 Å². The van der Waals surface area contributed by atoms with Gasteiger partial charge in [-0.3, -0.25) is 0 Å². The van der Waals surface area contributed by atoms with Gasteiger partial charge in [-0.15, -0.1) is 0 Å². The van der Waals surface area contributed by atoms with Gasteiger partial charge in [-0.05, 0) is 26.2 Å². The van der Waals surface area contributed by atoms with Gasteiger partial charge in [0.25, 0.3) is 0 Å². The molecule has 1 saturated carbocycles. The molecule has 104 valence electrons. The minimum atomic E-state index is 0.322. The lowest BCUT2D eigenvalue weighted by atomic mass is 9.96. The van der Waals surface area contributed by atoms with E-state index in [2.05, 4.69) is 22.2 Å². The summed E-state index contributed by atoms with van der Waals surface area (Å²) < 4.78 is 5.91. The second kappa shape index (κ2) is 5.90. The molecule has 3 rings (SSSR count). The van der Waals surface area contributed by atoms with E-state index in [4.69, 9.17) is 4.74 Å². The average Bonchev–Trinajstić information content (AvgIpc) is 2.44. The third-order valence-electron chi connectivity index (χ3n) is 3.43. The van der Waals surface area contributed by atoms with Crippen molar-refractivity contribution in [2.24, 2.45) is 0 Å². The van der Waals surface area contributed by atoms with Gasteiger partial charge in [0.05, 0.1) is 0 Å². The monoisotopic (exact) mass is 269 g/mol. The molecule has 1 aliphatic rings. The van der Waals surface area contributed by atoms with Gasteiger partial charge >= 0.3 is 0 Å². The molecule has 0 saturated heterocycles.